The minimum atomic E-state index is -1.10. The van der Waals surface area contributed by atoms with Crippen LogP contribution in [0.4, 0.5) is 0 Å². The average Bonchev–Trinajstić information content (AvgIpc) is 2.10. The number of amides is 1. The maximum Gasteiger partial charge on any atom is 0.355 e. The van der Waals surface area contributed by atoms with Crippen molar-refractivity contribution in [3.8, 4) is 0 Å². The molecule has 0 saturated heterocycles. The van der Waals surface area contributed by atoms with Crippen LogP contribution in [0.5, 0.6) is 0 Å². The van der Waals surface area contributed by atoms with E-state index < -0.39 is 30.7 Å². The molecule has 0 unspecified atom stereocenters. The number of rotatable bonds is 2. The molecule has 1 amide bonds. The largest absolute Gasteiger partial charge is 0.452 e. The first-order chi connectivity index (χ1) is 6.54. The molecule has 78 valence electrons. The molecule has 0 aliphatic carbocycles. The molecule has 0 radical (unpaired) electrons. The molecule has 14 heavy (non-hydrogen) atoms. The van der Waals surface area contributed by atoms with Gasteiger partial charge >= 0.3 is 5.97 Å². The zero-order chi connectivity index (χ0) is 10.7. The van der Waals surface area contributed by atoms with E-state index in [9.17, 15) is 14.7 Å². The first-order valence-corrected chi connectivity index (χ1v) is 4.04. The van der Waals surface area contributed by atoms with E-state index in [0.717, 1.165) is 6.08 Å². The highest BCUT2D eigenvalue weighted by molar-refractivity contribution is 5.94. The maximum absolute atomic E-state index is 11.1. The van der Waals surface area contributed by atoms with Crippen molar-refractivity contribution in [2.45, 2.75) is 19.1 Å². The van der Waals surface area contributed by atoms with Gasteiger partial charge in [0.25, 0.3) is 0 Å². The van der Waals surface area contributed by atoms with Crippen LogP contribution in [0.2, 0.25) is 0 Å². The van der Waals surface area contributed by atoms with E-state index in [2.05, 4.69) is 10.1 Å². The van der Waals surface area contributed by atoms with Crippen molar-refractivity contribution in [1.82, 2.24) is 5.32 Å². The van der Waals surface area contributed by atoms with Crippen molar-refractivity contribution in [3.05, 3.63) is 11.8 Å². The number of carbonyl (C=O) groups is 2. The summed E-state index contributed by atoms with van der Waals surface area (Å²) in [7, 11) is 0. The van der Waals surface area contributed by atoms with E-state index >= 15 is 0 Å². The third-order valence-electron chi connectivity index (χ3n) is 1.69. The number of aliphatic hydroxyl groups is 2. The van der Waals surface area contributed by atoms with Gasteiger partial charge in [-0.05, 0) is 6.08 Å². The molecule has 0 fully saturated rings. The summed E-state index contributed by atoms with van der Waals surface area (Å²) in [6.07, 6.45) is -0.909. The van der Waals surface area contributed by atoms with Crippen LogP contribution in [0, 0.1) is 0 Å². The molecular formula is C8H11NO5. The molecule has 3 N–H and O–H groups in total. The SMILES string of the molecule is CC(=O)NC1=C[C@H](O)[C@@H](CO)OC1=O. The van der Waals surface area contributed by atoms with E-state index in [1.54, 1.807) is 0 Å². The summed E-state index contributed by atoms with van der Waals surface area (Å²) in [5.74, 6) is -1.19. The number of nitrogens with one attached hydrogen (secondary N) is 1. The lowest BCUT2D eigenvalue weighted by molar-refractivity contribution is -0.155. The fourth-order valence-electron chi connectivity index (χ4n) is 1.04. The van der Waals surface area contributed by atoms with Gasteiger partial charge in [0.1, 0.15) is 11.8 Å². The Kier molecular flexibility index (Phi) is 3.21. The number of esters is 1. The zero-order valence-corrected chi connectivity index (χ0v) is 7.56. The van der Waals surface area contributed by atoms with Crippen LogP contribution >= 0.6 is 0 Å². The molecule has 6 nitrogen and oxygen atoms in total. The molecule has 0 saturated carbocycles. The van der Waals surface area contributed by atoms with Crippen LogP contribution < -0.4 is 5.32 Å². The fourth-order valence-corrected chi connectivity index (χ4v) is 1.04. The minimum absolute atomic E-state index is 0.102. The van der Waals surface area contributed by atoms with Gasteiger partial charge in [0.2, 0.25) is 5.91 Å². The quantitative estimate of drug-likeness (QED) is 0.462. The van der Waals surface area contributed by atoms with Gasteiger partial charge in [-0.3, -0.25) is 4.79 Å². The van der Waals surface area contributed by atoms with Gasteiger partial charge in [-0.2, -0.15) is 0 Å². The molecule has 1 aliphatic heterocycles. The van der Waals surface area contributed by atoms with Crippen LogP contribution in [-0.2, 0) is 14.3 Å². The molecule has 1 rings (SSSR count). The summed E-state index contributed by atoms with van der Waals surface area (Å²) in [5.41, 5.74) is -0.102. The lowest BCUT2D eigenvalue weighted by atomic mass is 10.1. The van der Waals surface area contributed by atoms with Crippen molar-refractivity contribution in [2.24, 2.45) is 0 Å². The Bertz CT molecular complexity index is 285. The fraction of sp³-hybridized carbons (Fsp3) is 0.500. The normalized spacial score (nSPS) is 26.5. The molecule has 6 heteroatoms. The topological polar surface area (TPSA) is 95.9 Å². The van der Waals surface area contributed by atoms with Crippen LogP contribution in [0.25, 0.3) is 0 Å². The highest BCUT2D eigenvalue weighted by Gasteiger charge is 2.29. The number of carbonyl (C=O) groups excluding carboxylic acids is 2. The second kappa shape index (κ2) is 4.21. The molecule has 0 aromatic rings. The second-order valence-electron chi connectivity index (χ2n) is 2.88. The summed E-state index contributed by atoms with van der Waals surface area (Å²) < 4.78 is 4.64. The Morgan fingerprint density at radius 3 is 2.86 bits per heavy atom. The van der Waals surface area contributed by atoms with Crippen molar-refractivity contribution < 1.29 is 24.5 Å². The maximum atomic E-state index is 11.1. The Morgan fingerprint density at radius 1 is 1.71 bits per heavy atom. The molecule has 0 bridgehead atoms. The zero-order valence-electron chi connectivity index (χ0n) is 7.56. The van der Waals surface area contributed by atoms with Crippen LogP contribution in [0.3, 0.4) is 0 Å². The van der Waals surface area contributed by atoms with Gasteiger partial charge in [-0.1, -0.05) is 0 Å². The Balaban J connectivity index is 2.77. The first kappa shape index (κ1) is 10.7. The summed E-state index contributed by atoms with van der Waals surface area (Å²) in [6.45, 7) is 0.773. The summed E-state index contributed by atoms with van der Waals surface area (Å²) in [6, 6.07) is 0. The van der Waals surface area contributed by atoms with Crippen molar-refractivity contribution in [3.63, 3.8) is 0 Å². The average molecular weight is 201 g/mol. The third-order valence-corrected chi connectivity index (χ3v) is 1.69. The Morgan fingerprint density at radius 2 is 2.36 bits per heavy atom. The van der Waals surface area contributed by atoms with Crippen molar-refractivity contribution in [2.75, 3.05) is 6.61 Å². The van der Waals surface area contributed by atoms with E-state index in [4.69, 9.17) is 5.11 Å². The summed E-state index contributed by atoms with van der Waals surface area (Å²) >= 11 is 0. The van der Waals surface area contributed by atoms with Crippen LogP contribution in [0.15, 0.2) is 11.8 Å². The number of hydrogen-bond acceptors (Lipinski definition) is 5. The first-order valence-electron chi connectivity index (χ1n) is 4.04. The third kappa shape index (κ3) is 2.30. The highest BCUT2D eigenvalue weighted by atomic mass is 16.6. The van der Waals surface area contributed by atoms with Crippen molar-refractivity contribution in [1.29, 1.82) is 0 Å². The Labute approximate surface area is 80.2 Å². The lowest BCUT2D eigenvalue weighted by Crippen LogP contribution is -2.41. The number of cyclic esters (lactones) is 1. The van der Waals surface area contributed by atoms with Gasteiger partial charge in [0.05, 0.1) is 6.61 Å². The van der Waals surface area contributed by atoms with Gasteiger partial charge in [0, 0.05) is 6.92 Å². The lowest BCUT2D eigenvalue weighted by Gasteiger charge is -2.24. The van der Waals surface area contributed by atoms with E-state index in [1.807, 2.05) is 0 Å². The predicted molar refractivity (Wildman–Crippen MR) is 44.9 cm³/mol. The smallest absolute Gasteiger partial charge is 0.355 e. The summed E-state index contributed by atoms with van der Waals surface area (Å²) in [5, 5.41) is 20.2. The summed E-state index contributed by atoms with van der Waals surface area (Å²) in [4.78, 5) is 21.7. The number of hydrogen-bond donors (Lipinski definition) is 3. The van der Waals surface area contributed by atoms with Gasteiger partial charge < -0.3 is 20.3 Å². The number of ether oxygens (including phenoxy) is 1. The van der Waals surface area contributed by atoms with Gasteiger partial charge in [-0.25, -0.2) is 4.79 Å². The molecular weight excluding hydrogens is 190 g/mol. The predicted octanol–water partition coefficient (Wildman–Crippen LogP) is -1.72. The molecule has 0 spiro atoms. The monoisotopic (exact) mass is 201 g/mol. The van der Waals surface area contributed by atoms with Crippen LogP contribution in [-0.4, -0.2) is 40.9 Å². The molecule has 0 aromatic heterocycles. The Hall–Kier alpha value is -1.40. The van der Waals surface area contributed by atoms with Crippen LogP contribution in [0.1, 0.15) is 6.92 Å². The number of aliphatic hydroxyl groups excluding tert-OH is 2. The highest BCUT2D eigenvalue weighted by Crippen LogP contribution is 2.12. The van der Waals surface area contributed by atoms with E-state index in [-0.39, 0.29) is 5.70 Å². The van der Waals surface area contributed by atoms with E-state index in [1.165, 1.54) is 6.92 Å². The second-order valence-corrected chi connectivity index (χ2v) is 2.88. The molecule has 1 heterocycles. The van der Waals surface area contributed by atoms with Gasteiger partial charge in [0.15, 0.2) is 6.10 Å². The molecule has 1 aliphatic rings. The van der Waals surface area contributed by atoms with Crippen molar-refractivity contribution >= 4 is 11.9 Å². The minimum Gasteiger partial charge on any atom is -0.452 e. The van der Waals surface area contributed by atoms with E-state index in [0.29, 0.717) is 0 Å². The van der Waals surface area contributed by atoms with Gasteiger partial charge in [-0.15, -0.1) is 0 Å². The molecule has 0 aromatic carbocycles. The molecule has 2 atom stereocenters. The standard InChI is InChI=1S/C8H11NO5/c1-4(11)9-5-2-6(12)7(3-10)14-8(5)13/h2,6-7,10,12H,3H2,1H3,(H,9,11)/t6-,7+/m0/s1.